The first-order chi connectivity index (χ1) is 10.2. The van der Waals surface area contributed by atoms with Gasteiger partial charge in [-0.05, 0) is 43.8 Å². The molecule has 0 spiro atoms. The number of rotatable bonds is 4. The van der Waals surface area contributed by atoms with E-state index in [1.54, 1.807) is 10.8 Å². The molecule has 0 amide bonds. The Hall–Kier alpha value is -2.27. The summed E-state index contributed by atoms with van der Waals surface area (Å²) in [6.07, 6.45) is 2.54. The van der Waals surface area contributed by atoms with Crippen molar-refractivity contribution < 1.29 is 0 Å². The van der Waals surface area contributed by atoms with E-state index in [4.69, 9.17) is 0 Å². The zero-order chi connectivity index (χ0) is 14.8. The lowest BCUT2D eigenvalue weighted by atomic mass is 10.0. The third-order valence-corrected chi connectivity index (χ3v) is 3.42. The van der Waals surface area contributed by atoms with Crippen LogP contribution in [0.15, 0.2) is 36.7 Å². The summed E-state index contributed by atoms with van der Waals surface area (Å²) in [7, 11) is 4.15. The molecule has 108 valence electrons. The van der Waals surface area contributed by atoms with Gasteiger partial charge in [-0.25, -0.2) is 0 Å². The second kappa shape index (κ2) is 5.61. The molecule has 2 heterocycles. The minimum atomic E-state index is 0.800. The van der Waals surface area contributed by atoms with Crippen molar-refractivity contribution in [3.8, 4) is 11.1 Å². The maximum Gasteiger partial charge on any atom is 0.185 e. The van der Waals surface area contributed by atoms with E-state index >= 15 is 0 Å². The van der Waals surface area contributed by atoms with Gasteiger partial charge in [0.2, 0.25) is 0 Å². The van der Waals surface area contributed by atoms with Gasteiger partial charge in [-0.1, -0.05) is 25.1 Å². The molecule has 0 fully saturated rings. The molecule has 0 unspecified atom stereocenters. The zero-order valence-corrected chi connectivity index (χ0v) is 12.6. The van der Waals surface area contributed by atoms with Crippen LogP contribution < -0.4 is 0 Å². The van der Waals surface area contributed by atoms with Crippen LogP contribution in [0.25, 0.3) is 16.8 Å². The Balaban J connectivity index is 2.13. The van der Waals surface area contributed by atoms with Crippen molar-refractivity contribution in [2.45, 2.75) is 19.9 Å². The quantitative estimate of drug-likeness (QED) is 0.737. The lowest BCUT2D eigenvalue weighted by molar-refractivity contribution is 0.402. The molecule has 3 aromatic rings. The number of hydrogen-bond donors (Lipinski definition) is 0. The van der Waals surface area contributed by atoms with E-state index in [1.165, 1.54) is 5.56 Å². The van der Waals surface area contributed by atoms with E-state index < -0.39 is 0 Å². The van der Waals surface area contributed by atoms with Gasteiger partial charge in [-0.2, -0.15) is 9.61 Å². The highest BCUT2D eigenvalue weighted by Gasteiger charge is 2.10. The van der Waals surface area contributed by atoms with Crippen molar-refractivity contribution in [3.05, 3.63) is 47.9 Å². The van der Waals surface area contributed by atoms with Gasteiger partial charge in [-0.3, -0.25) is 0 Å². The van der Waals surface area contributed by atoms with Gasteiger partial charge in [0.15, 0.2) is 5.65 Å². The van der Waals surface area contributed by atoms with Crippen molar-refractivity contribution in [3.63, 3.8) is 0 Å². The second-order valence-electron chi connectivity index (χ2n) is 5.44. The fourth-order valence-electron chi connectivity index (χ4n) is 2.47. The number of benzene rings is 1. The topological polar surface area (TPSA) is 46.3 Å². The summed E-state index contributed by atoms with van der Waals surface area (Å²) in [5.41, 5.74) is 5.36. The van der Waals surface area contributed by atoms with E-state index in [9.17, 15) is 0 Å². The van der Waals surface area contributed by atoms with Crippen LogP contribution in [-0.4, -0.2) is 38.8 Å². The van der Waals surface area contributed by atoms with Crippen LogP contribution in [0, 0.1) is 0 Å². The maximum absolute atomic E-state index is 4.49. The van der Waals surface area contributed by atoms with E-state index in [0.29, 0.717) is 0 Å². The molecule has 0 bridgehead atoms. The molecule has 0 saturated carbocycles. The molecule has 5 heteroatoms. The number of fused-ring (bicyclic) bond motifs is 1. The van der Waals surface area contributed by atoms with E-state index in [0.717, 1.165) is 35.4 Å². The first kappa shape index (κ1) is 13.7. The fourth-order valence-corrected chi connectivity index (χ4v) is 2.47. The van der Waals surface area contributed by atoms with Gasteiger partial charge >= 0.3 is 0 Å². The standard InChI is InChI=1S/C16H19N5/c1-4-14-9-15(16-18-17-11-21(16)19-14)13-7-5-6-12(8-13)10-20(2)3/h5-9,11H,4,10H2,1-3H3. The van der Waals surface area contributed by atoms with Crippen LogP contribution in [0.1, 0.15) is 18.2 Å². The summed E-state index contributed by atoms with van der Waals surface area (Å²) in [4.78, 5) is 2.16. The zero-order valence-electron chi connectivity index (χ0n) is 12.6. The molecule has 1 aromatic carbocycles. The summed E-state index contributed by atoms with van der Waals surface area (Å²) in [6.45, 7) is 3.02. The van der Waals surface area contributed by atoms with Gasteiger partial charge in [0.1, 0.15) is 6.33 Å². The Bertz CT molecular complexity index is 760. The summed E-state index contributed by atoms with van der Waals surface area (Å²) < 4.78 is 1.76. The molecule has 3 rings (SSSR count). The highest BCUT2D eigenvalue weighted by atomic mass is 15.3. The van der Waals surface area contributed by atoms with E-state index in [-0.39, 0.29) is 0 Å². The lowest BCUT2D eigenvalue weighted by Gasteiger charge is -2.11. The monoisotopic (exact) mass is 281 g/mol. The average molecular weight is 281 g/mol. The SMILES string of the molecule is CCc1cc(-c2cccc(CN(C)C)c2)c2nncn2n1. The Morgan fingerprint density at radius 2 is 2.05 bits per heavy atom. The first-order valence-electron chi connectivity index (χ1n) is 7.11. The highest BCUT2D eigenvalue weighted by molar-refractivity contribution is 5.77. The van der Waals surface area contributed by atoms with Crippen LogP contribution in [0.4, 0.5) is 0 Å². The summed E-state index contributed by atoms with van der Waals surface area (Å²) in [5, 5.41) is 12.7. The lowest BCUT2D eigenvalue weighted by Crippen LogP contribution is -2.10. The van der Waals surface area contributed by atoms with Crippen LogP contribution in [0.2, 0.25) is 0 Å². The molecule has 21 heavy (non-hydrogen) atoms. The summed E-state index contributed by atoms with van der Waals surface area (Å²) >= 11 is 0. The number of hydrogen-bond acceptors (Lipinski definition) is 4. The molecule has 0 aliphatic heterocycles. The van der Waals surface area contributed by atoms with Crippen LogP contribution in [0.5, 0.6) is 0 Å². The van der Waals surface area contributed by atoms with Crippen LogP contribution in [0.3, 0.4) is 0 Å². The normalized spacial score (nSPS) is 11.4. The molecule has 0 radical (unpaired) electrons. The number of aryl methyl sites for hydroxylation is 1. The van der Waals surface area contributed by atoms with Crippen molar-refractivity contribution in [1.82, 2.24) is 24.7 Å². The Morgan fingerprint density at radius 3 is 2.81 bits per heavy atom. The Kier molecular flexibility index (Phi) is 3.66. The van der Waals surface area contributed by atoms with Crippen molar-refractivity contribution in [2.75, 3.05) is 14.1 Å². The Labute approximate surface area is 124 Å². The maximum atomic E-state index is 4.49. The van der Waals surface area contributed by atoms with Gasteiger partial charge in [-0.15, -0.1) is 10.2 Å². The molecular formula is C16H19N5. The third kappa shape index (κ3) is 2.78. The predicted octanol–water partition coefficient (Wildman–Crippen LogP) is 2.42. The minimum absolute atomic E-state index is 0.800. The molecular weight excluding hydrogens is 262 g/mol. The smallest absolute Gasteiger partial charge is 0.185 e. The van der Waals surface area contributed by atoms with Crippen molar-refractivity contribution in [1.29, 1.82) is 0 Å². The molecule has 0 saturated heterocycles. The minimum Gasteiger partial charge on any atom is -0.305 e. The molecule has 0 N–H and O–H groups in total. The van der Waals surface area contributed by atoms with Gasteiger partial charge in [0.05, 0.1) is 5.69 Å². The van der Waals surface area contributed by atoms with Crippen molar-refractivity contribution in [2.24, 2.45) is 0 Å². The number of nitrogens with zero attached hydrogens (tertiary/aromatic N) is 5. The molecule has 0 atom stereocenters. The fraction of sp³-hybridized carbons (Fsp3) is 0.312. The second-order valence-corrected chi connectivity index (χ2v) is 5.44. The van der Waals surface area contributed by atoms with Crippen LogP contribution >= 0.6 is 0 Å². The highest BCUT2D eigenvalue weighted by Crippen LogP contribution is 2.25. The van der Waals surface area contributed by atoms with Gasteiger partial charge in [0.25, 0.3) is 0 Å². The van der Waals surface area contributed by atoms with Gasteiger partial charge in [0, 0.05) is 12.1 Å². The largest absolute Gasteiger partial charge is 0.305 e. The molecule has 0 aliphatic carbocycles. The molecule has 2 aromatic heterocycles. The Morgan fingerprint density at radius 1 is 1.19 bits per heavy atom. The molecule has 5 nitrogen and oxygen atoms in total. The molecule has 0 aliphatic rings. The first-order valence-corrected chi connectivity index (χ1v) is 7.11. The summed E-state index contributed by atoms with van der Waals surface area (Å²) in [6, 6.07) is 10.7. The van der Waals surface area contributed by atoms with Crippen LogP contribution in [-0.2, 0) is 13.0 Å². The van der Waals surface area contributed by atoms with Crippen molar-refractivity contribution >= 4 is 5.65 Å². The van der Waals surface area contributed by atoms with E-state index in [1.807, 2.05) is 0 Å². The predicted molar refractivity (Wildman–Crippen MR) is 83.0 cm³/mol. The average Bonchev–Trinajstić information content (AvgIpc) is 2.94. The van der Waals surface area contributed by atoms with Gasteiger partial charge < -0.3 is 4.90 Å². The van der Waals surface area contributed by atoms with E-state index in [2.05, 4.69) is 71.5 Å². The summed E-state index contributed by atoms with van der Waals surface area (Å²) in [5.74, 6) is 0. The number of aromatic nitrogens is 4. The third-order valence-electron chi connectivity index (χ3n) is 3.42.